The summed E-state index contributed by atoms with van der Waals surface area (Å²) in [5.41, 5.74) is 1.28. The van der Waals surface area contributed by atoms with Gasteiger partial charge < -0.3 is 5.41 Å². The van der Waals surface area contributed by atoms with Crippen LogP contribution in [0.1, 0.15) is 30.7 Å². The molecule has 0 amide bonds. The fourth-order valence-electron chi connectivity index (χ4n) is 2.13. The average Bonchev–Trinajstić information content (AvgIpc) is 2.15. The maximum Gasteiger partial charge on any atom is 0.139 e. The van der Waals surface area contributed by atoms with Crippen LogP contribution in [0.25, 0.3) is 0 Å². The van der Waals surface area contributed by atoms with Crippen molar-refractivity contribution < 1.29 is 4.79 Å². The Balaban J connectivity index is 2.36. The van der Waals surface area contributed by atoms with Gasteiger partial charge in [0.05, 0.1) is 0 Å². The summed E-state index contributed by atoms with van der Waals surface area (Å²) in [4.78, 5) is 11.5. The number of rotatable bonds is 1. The normalized spacial score (nSPS) is 21.2. The molecule has 0 spiro atoms. The maximum absolute atomic E-state index is 11.5. The molecule has 0 heterocycles. The van der Waals surface area contributed by atoms with E-state index >= 15 is 0 Å². The standard InChI is InChI=1S/C12H11Cl2NO/c13-10-2-1-3-11(14)12(10)7-4-8(15)6-9(16)5-7/h1-3,7,15H,4-6H2. The van der Waals surface area contributed by atoms with Crippen molar-refractivity contribution in [3.8, 4) is 0 Å². The van der Waals surface area contributed by atoms with Crippen LogP contribution in [0.3, 0.4) is 0 Å². The minimum absolute atomic E-state index is 0.0325. The Kier molecular flexibility index (Phi) is 3.31. The molecule has 1 aromatic carbocycles. The van der Waals surface area contributed by atoms with Crippen LogP contribution in [0, 0.1) is 5.41 Å². The van der Waals surface area contributed by atoms with Gasteiger partial charge in [-0.05, 0) is 30.0 Å². The lowest BCUT2D eigenvalue weighted by Crippen LogP contribution is -2.21. The van der Waals surface area contributed by atoms with Gasteiger partial charge in [0.1, 0.15) is 5.78 Å². The van der Waals surface area contributed by atoms with E-state index in [4.69, 9.17) is 28.6 Å². The fourth-order valence-corrected chi connectivity index (χ4v) is 2.84. The lowest BCUT2D eigenvalue weighted by Gasteiger charge is -2.23. The first kappa shape index (κ1) is 11.6. The topological polar surface area (TPSA) is 40.9 Å². The van der Waals surface area contributed by atoms with Crippen molar-refractivity contribution in [2.45, 2.75) is 25.2 Å². The summed E-state index contributed by atoms with van der Waals surface area (Å²) in [5.74, 6) is 0.0622. The number of hydrogen-bond acceptors (Lipinski definition) is 2. The lowest BCUT2D eigenvalue weighted by atomic mass is 9.82. The van der Waals surface area contributed by atoms with Crippen LogP contribution in [0.15, 0.2) is 18.2 Å². The zero-order chi connectivity index (χ0) is 11.7. The molecule has 1 aromatic rings. The van der Waals surface area contributed by atoms with Crippen molar-refractivity contribution in [2.24, 2.45) is 0 Å². The molecular formula is C12H11Cl2NO. The van der Waals surface area contributed by atoms with Crippen molar-refractivity contribution in [1.29, 1.82) is 5.41 Å². The van der Waals surface area contributed by atoms with E-state index in [9.17, 15) is 4.79 Å². The number of nitrogens with one attached hydrogen (secondary N) is 1. The summed E-state index contributed by atoms with van der Waals surface area (Å²) in [7, 11) is 0. The molecule has 1 unspecified atom stereocenters. The molecule has 2 rings (SSSR count). The van der Waals surface area contributed by atoms with Crippen molar-refractivity contribution in [1.82, 2.24) is 0 Å². The Hall–Kier alpha value is -0.860. The van der Waals surface area contributed by atoms with E-state index in [1.807, 2.05) is 0 Å². The van der Waals surface area contributed by atoms with E-state index in [1.54, 1.807) is 18.2 Å². The van der Waals surface area contributed by atoms with Gasteiger partial charge in [0.25, 0.3) is 0 Å². The van der Waals surface area contributed by atoms with Gasteiger partial charge in [-0.2, -0.15) is 0 Å². The van der Waals surface area contributed by atoms with Crippen molar-refractivity contribution in [3.63, 3.8) is 0 Å². The van der Waals surface area contributed by atoms with Gasteiger partial charge in [-0.25, -0.2) is 0 Å². The van der Waals surface area contributed by atoms with E-state index in [-0.39, 0.29) is 18.1 Å². The SMILES string of the molecule is N=C1CC(=O)CC(c2c(Cl)cccc2Cl)C1. The Morgan fingerprint density at radius 1 is 1.19 bits per heavy atom. The zero-order valence-electron chi connectivity index (χ0n) is 8.59. The van der Waals surface area contributed by atoms with Crippen molar-refractivity contribution in [3.05, 3.63) is 33.8 Å². The maximum atomic E-state index is 11.5. The summed E-state index contributed by atoms with van der Waals surface area (Å²) in [6.07, 6.45) is 1.29. The number of carbonyl (C=O) groups excluding carboxylic acids is 1. The number of hydrogen-bond donors (Lipinski definition) is 1. The second-order valence-electron chi connectivity index (χ2n) is 4.06. The second-order valence-corrected chi connectivity index (χ2v) is 4.87. The quantitative estimate of drug-likeness (QED) is 0.814. The van der Waals surface area contributed by atoms with Crippen LogP contribution in [0.4, 0.5) is 0 Å². The van der Waals surface area contributed by atoms with Gasteiger partial charge in [-0.3, -0.25) is 4.79 Å². The molecule has 0 aromatic heterocycles. The van der Waals surface area contributed by atoms with Crippen LogP contribution in [0.2, 0.25) is 10.0 Å². The van der Waals surface area contributed by atoms with Gasteiger partial charge >= 0.3 is 0 Å². The monoisotopic (exact) mass is 255 g/mol. The molecule has 0 radical (unpaired) electrons. The molecule has 1 saturated carbocycles. The smallest absolute Gasteiger partial charge is 0.139 e. The Morgan fingerprint density at radius 3 is 2.38 bits per heavy atom. The number of carbonyl (C=O) groups is 1. The van der Waals surface area contributed by atoms with E-state index in [0.29, 0.717) is 28.6 Å². The first-order valence-corrected chi connectivity index (χ1v) is 5.85. The highest BCUT2D eigenvalue weighted by molar-refractivity contribution is 6.36. The molecule has 0 saturated heterocycles. The first-order valence-electron chi connectivity index (χ1n) is 5.10. The summed E-state index contributed by atoms with van der Waals surface area (Å²) in [6, 6.07) is 5.32. The van der Waals surface area contributed by atoms with Crippen LogP contribution in [0.5, 0.6) is 0 Å². The Labute approximate surface area is 104 Å². The molecule has 1 atom stereocenters. The molecule has 84 valence electrons. The summed E-state index contributed by atoms with van der Waals surface area (Å²) in [6.45, 7) is 0. The molecule has 1 aliphatic rings. The van der Waals surface area contributed by atoms with Crippen molar-refractivity contribution in [2.75, 3.05) is 0 Å². The zero-order valence-corrected chi connectivity index (χ0v) is 10.1. The largest absolute Gasteiger partial charge is 0.309 e. The van der Waals surface area contributed by atoms with E-state index in [1.165, 1.54) is 0 Å². The molecule has 4 heteroatoms. The molecule has 0 bridgehead atoms. The minimum atomic E-state index is -0.0325. The third-order valence-electron chi connectivity index (χ3n) is 2.79. The van der Waals surface area contributed by atoms with Crippen LogP contribution in [-0.4, -0.2) is 11.5 Å². The highest BCUT2D eigenvalue weighted by atomic mass is 35.5. The number of Topliss-reactive ketones (excluding diaryl/α,β-unsaturated/α-hetero) is 1. The number of benzene rings is 1. The Morgan fingerprint density at radius 2 is 1.81 bits per heavy atom. The molecule has 0 aliphatic heterocycles. The highest BCUT2D eigenvalue weighted by Gasteiger charge is 2.27. The molecular weight excluding hydrogens is 245 g/mol. The second kappa shape index (κ2) is 4.56. The predicted octanol–water partition coefficient (Wildman–Crippen LogP) is 3.85. The average molecular weight is 256 g/mol. The first-order chi connectivity index (χ1) is 7.58. The molecule has 1 fully saturated rings. The van der Waals surface area contributed by atoms with E-state index in [2.05, 4.69) is 0 Å². The highest BCUT2D eigenvalue weighted by Crippen LogP contribution is 2.38. The minimum Gasteiger partial charge on any atom is -0.309 e. The Bertz CT molecular complexity index is 420. The molecule has 2 nitrogen and oxygen atoms in total. The molecule has 1 N–H and O–H groups in total. The summed E-state index contributed by atoms with van der Waals surface area (Å²) in [5, 5.41) is 8.80. The van der Waals surface area contributed by atoms with Crippen LogP contribution >= 0.6 is 23.2 Å². The third-order valence-corrected chi connectivity index (χ3v) is 3.44. The van der Waals surface area contributed by atoms with Crippen LogP contribution < -0.4 is 0 Å². The van der Waals surface area contributed by atoms with Gasteiger partial charge in [-0.1, -0.05) is 29.3 Å². The molecule has 1 aliphatic carbocycles. The summed E-state index contributed by atoms with van der Waals surface area (Å²) < 4.78 is 0. The molecule has 16 heavy (non-hydrogen) atoms. The lowest BCUT2D eigenvalue weighted by molar-refractivity contribution is -0.118. The van der Waals surface area contributed by atoms with E-state index in [0.717, 1.165) is 5.56 Å². The van der Waals surface area contributed by atoms with E-state index < -0.39 is 0 Å². The fraction of sp³-hybridized carbons (Fsp3) is 0.333. The van der Waals surface area contributed by atoms with Crippen LogP contribution in [-0.2, 0) is 4.79 Å². The summed E-state index contributed by atoms with van der Waals surface area (Å²) >= 11 is 12.2. The van der Waals surface area contributed by atoms with Gasteiger partial charge in [0.2, 0.25) is 0 Å². The van der Waals surface area contributed by atoms with Gasteiger partial charge in [0.15, 0.2) is 0 Å². The van der Waals surface area contributed by atoms with Gasteiger partial charge in [-0.15, -0.1) is 0 Å². The van der Waals surface area contributed by atoms with Gasteiger partial charge in [0, 0.05) is 28.6 Å². The van der Waals surface area contributed by atoms with Crippen molar-refractivity contribution >= 4 is 34.7 Å². The third kappa shape index (κ3) is 2.28. The number of halogens is 2. The predicted molar refractivity (Wildman–Crippen MR) is 65.8 cm³/mol. The number of ketones is 1.